The molecule has 0 bridgehead atoms. The second kappa shape index (κ2) is 6.24. The molecule has 3 rings (SSSR count). The lowest BCUT2D eigenvalue weighted by Gasteiger charge is -2.08. The molecule has 4 nitrogen and oxygen atoms in total. The first-order valence-electron chi connectivity index (χ1n) is 7.09. The predicted octanol–water partition coefficient (Wildman–Crippen LogP) is 3.57. The molecule has 5 heteroatoms. The number of hydrogen-bond donors (Lipinski definition) is 1. The van der Waals surface area contributed by atoms with Crippen LogP contribution in [0.2, 0.25) is 5.02 Å². The summed E-state index contributed by atoms with van der Waals surface area (Å²) < 4.78 is 1.84. The lowest BCUT2D eigenvalue weighted by atomic mass is 10.2. The molecule has 0 atom stereocenters. The van der Waals surface area contributed by atoms with Crippen LogP contribution in [0.1, 0.15) is 19.0 Å². The standard InChI is InChI=1S/C16H17ClN4/c1-2-9-18-11-14-13(17)7-8-16(20-14)21-15-6-4-3-5-12(15)10-19-21/h3-8,10,18H,2,9,11H2,1H3. The Morgan fingerprint density at radius 3 is 2.90 bits per heavy atom. The molecule has 0 aliphatic carbocycles. The maximum absolute atomic E-state index is 6.22. The largest absolute Gasteiger partial charge is 0.311 e. The van der Waals surface area contributed by atoms with Crippen LogP contribution in [0.25, 0.3) is 16.7 Å². The summed E-state index contributed by atoms with van der Waals surface area (Å²) in [6, 6.07) is 11.9. The zero-order chi connectivity index (χ0) is 14.7. The highest BCUT2D eigenvalue weighted by Gasteiger charge is 2.08. The Hall–Kier alpha value is -1.91. The number of halogens is 1. The van der Waals surface area contributed by atoms with Crippen molar-refractivity contribution in [3.05, 3.63) is 53.3 Å². The van der Waals surface area contributed by atoms with E-state index in [1.54, 1.807) is 0 Å². The lowest BCUT2D eigenvalue weighted by Crippen LogP contribution is -2.16. The van der Waals surface area contributed by atoms with Gasteiger partial charge in [-0.25, -0.2) is 9.67 Å². The summed E-state index contributed by atoms with van der Waals surface area (Å²) in [6.45, 7) is 3.75. The van der Waals surface area contributed by atoms with E-state index in [9.17, 15) is 0 Å². The maximum Gasteiger partial charge on any atom is 0.154 e. The molecule has 0 spiro atoms. The van der Waals surface area contributed by atoms with Gasteiger partial charge in [0.05, 0.1) is 22.4 Å². The smallest absolute Gasteiger partial charge is 0.154 e. The minimum atomic E-state index is 0.666. The number of nitrogens with one attached hydrogen (secondary N) is 1. The van der Waals surface area contributed by atoms with Gasteiger partial charge in [0.2, 0.25) is 0 Å². The molecule has 21 heavy (non-hydrogen) atoms. The molecule has 3 aromatic rings. The van der Waals surface area contributed by atoms with Crippen molar-refractivity contribution in [2.24, 2.45) is 0 Å². The summed E-state index contributed by atoms with van der Waals surface area (Å²) in [7, 11) is 0. The first-order chi connectivity index (χ1) is 10.3. The number of nitrogens with zero attached hydrogens (tertiary/aromatic N) is 3. The van der Waals surface area contributed by atoms with E-state index in [0.29, 0.717) is 11.6 Å². The van der Waals surface area contributed by atoms with Crippen LogP contribution in [0.5, 0.6) is 0 Å². The number of para-hydroxylation sites is 1. The van der Waals surface area contributed by atoms with E-state index in [0.717, 1.165) is 35.4 Å². The van der Waals surface area contributed by atoms with Crippen molar-refractivity contribution in [3.8, 4) is 5.82 Å². The Kier molecular flexibility index (Phi) is 4.18. The Morgan fingerprint density at radius 1 is 1.19 bits per heavy atom. The van der Waals surface area contributed by atoms with E-state index in [2.05, 4.69) is 22.3 Å². The van der Waals surface area contributed by atoms with Crippen LogP contribution < -0.4 is 5.32 Å². The van der Waals surface area contributed by atoms with Crippen molar-refractivity contribution in [2.75, 3.05) is 6.54 Å². The van der Waals surface area contributed by atoms with Gasteiger partial charge in [-0.05, 0) is 31.2 Å². The second-order valence-electron chi connectivity index (χ2n) is 4.89. The molecular weight excluding hydrogens is 284 g/mol. The van der Waals surface area contributed by atoms with Crippen LogP contribution in [0.3, 0.4) is 0 Å². The van der Waals surface area contributed by atoms with E-state index in [4.69, 9.17) is 11.6 Å². The Morgan fingerprint density at radius 2 is 2.05 bits per heavy atom. The zero-order valence-electron chi connectivity index (χ0n) is 11.9. The molecule has 108 valence electrons. The number of fused-ring (bicyclic) bond motifs is 1. The fourth-order valence-electron chi connectivity index (χ4n) is 2.25. The number of hydrogen-bond acceptors (Lipinski definition) is 3. The first-order valence-corrected chi connectivity index (χ1v) is 7.46. The molecule has 0 saturated heterocycles. The Bertz CT molecular complexity index is 751. The molecule has 1 N–H and O–H groups in total. The summed E-state index contributed by atoms with van der Waals surface area (Å²) in [5.74, 6) is 0.786. The van der Waals surface area contributed by atoms with Crippen LogP contribution in [0, 0.1) is 0 Å². The third kappa shape index (κ3) is 2.91. The van der Waals surface area contributed by atoms with Crippen molar-refractivity contribution in [1.82, 2.24) is 20.1 Å². The third-order valence-electron chi connectivity index (χ3n) is 3.32. The molecule has 0 radical (unpaired) electrons. The van der Waals surface area contributed by atoms with E-state index >= 15 is 0 Å². The summed E-state index contributed by atoms with van der Waals surface area (Å²) in [4.78, 5) is 4.64. The van der Waals surface area contributed by atoms with Crippen LogP contribution >= 0.6 is 11.6 Å². The van der Waals surface area contributed by atoms with Gasteiger partial charge in [0, 0.05) is 11.9 Å². The summed E-state index contributed by atoms with van der Waals surface area (Å²) in [5.41, 5.74) is 1.89. The minimum Gasteiger partial charge on any atom is -0.311 e. The fourth-order valence-corrected chi connectivity index (χ4v) is 2.42. The fraction of sp³-hybridized carbons (Fsp3) is 0.250. The van der Waals surface area contributed by atoms with Gasteiger partial charge in [-0.15, -0.1) is 0 Å². The Labute approximate surface area is 128 Å². The quantitative estimate of drug-likeness (QED) is 0.733. The molecule has 0 aliphatic heterocycles. The van der Waals surface area contributed by atoms with Gasteiger partial charge < -0.3 is 5.32 Å². The van der Waals surface area contributed by atoms with Gasteiger partial charge >= 0.3 is 0 Å². The van der Waals surface area contributed by atoms with Crippen molar-refractivity contribution >= 4 is 22.5 Å². The van der Waals surface area contributed by atoms with Crippen molar-refractivity contribution in [3.63, 3.8) is 0 Å². The van der Waals surface area contributed by atoms with Gasteiger partial charge in [-0.1, -0.05) is 36.7 Å². The predicted molar refractivity (Wildman–Crippen MR) is 85.9 cm³/mol. The molecule has 0 unspecified atom stereocenters. The maximum atomic E-state index is 6.22. The van der Waals surface area contributed by atoms with E-state index in [1.807, 2.05) is 47.3 Å². The minimum absolute atomic E-state index is 0.666. The van der Waals surface area contributed by atoms with E-state index in [1.165, 1.54) is 0 Å². The van der Waals surface area contributed by atoms with Crippen molar-refractivity contribution < 1.29 is 0 Å². The SMILES string of the molecule is CCCNCc1nc(-n2ncc3ccccc32)ccc1Cl. The van der Waals surface area contributed by atoms with E-state index in [-0.39, 0.29) is 0 Å². The highest BCUT2D eigenvalue weighted by atomic mass is 35.5. The Balaban J connectivity index is 1.97. The highest BCUT2D eigenvalue weighted by molar-refractivity contribution is 6.31. The molecule has 0 fully saturated rings. The number of rotatable bonds is 5. The van der Waals surface area contributed by atoms with Gasteiger partial charge in [0.25, 0.3) is 0 Å². The molecule has 2 aromatic heterocycles. The normalized spacial score (nSPS) is 11.1. The molecule has 0 saturated carbocycles. The van der Waals surface area contributed by atoms with Crippen LogP contribution in [0.4, 0.5) is 0 Å². The lowest BCUT2D eigenvalue weighted by molar-refractivity contribution is 0.662. The molecule has 0 aliphatic rings. The van der Waals surface area contributed by atoms with Crippen LogP contribution in [-0.4, -0.2) is 21.3 Å². The van der Waals surface area contributed by atoms with Gasteiger partial charge in [0.1, 0.15) is 0 Å². The number of aromatic nitrogens is 3. The van der Waals surface area contributed by atoms with Crippen LogP contribution in [-0.2, 0) is 6.54 Å². The van der Waals surface area contributed by atoms with Gasteiger partial charge in [-0.3, -0.25) is 0 Å². The highest BCUT2D eigenvalue weighted by Crippen LogP contribution is 2.20. The monoisotopic (exact) mass is 300 g/mol. The van der Waals surface area contributed by atoms with E-state index < -0.39 is 0 Å². The summed E-state index contributed by atoms with van der Waals surface area (Å²) in [6.07, 6.45) is 2.93. The molecule has 1 aromatic carbocycles. The van der Waals surface area contributed by atoms with Crippen molar-refractivity contribution in [1.29, 1.82) is 0 Å². The average Bonchev–Trinajstić information content (AvgIpc) is 2.93. The number of pyridine rings is 1. The molecular formula is C16H17ClN4. The third-order valence-corrected chi connectivity index (χ3v) is 3.66. The second-order valence-corrected chi connectivity index (χ2v) is 5.30. The van der Waals surface area contributed by atoms with Gasteiger partial charge in [-0.2, -0.15) is 5.10 Å². The molecule has 0 amide bonds. The summed E-state index contributed by atoms with van der Waals surface area (Å²) in [5, 5.41) is 9.53. The first kappa shape index (κ1) is 14.0. The van der Waals surface area contributed by atoms with Crippen molar-refractivity contribution in [2.45, 2.75) is 19.9 Å². The van der Waals surface area contributed by atoms with Crippen LogP contribution in [0.15, 0.2) is 42.6 Å². The summed E-state index contributed by atoms with van der Waals surface area (Å²) >= 11 is 6.22. The average molecular weight is 301 g/mol. The molecule has 2 heterocycles. The van der Waals surface area contributed by atoms with Gasteiger partial charge in [0.15, 0.2) is 5.82 Å². The zero-order valence-corrected chi connectivity index (χ0v) is 12.6. The number of benzene rings is 1. The topological polar surface area (TPSA) is 42.7 Å².